The minimum atomic E-state index is -0.941. The molecule has 1 fully saturated rings. The van der Waals surface area contributed by atoms with E-state index in [2.05, 4.69) is 0 Å². The van der Waals surface area contributed by atoms with Crippen LogP contribution in [0.1, 0.15) is 19.3 Å². The van der Waals surface area contributed by atoms with Gasteiger partial charge in [0.05, 0.1) is 0 Å². The van der Waals surface area contributed by atoms with E-state index < -0.39 is 12.0 Å². The van der Waals surface area contributed by atoms with Crippen molar-refractivity contribution in [2.75, 3.05) is 13.1 Å². The Morgan fingerprint density at radius 2 is 2.07 bits per heavy atom. The first kappa shape index (κ1) is 11.8. The quantitative estimate of drug-likeness (QED) is 0.369. The van der Waals surface area contributed by atoms with Crippen LogP contribution in [0.2, 0.25) is 0 Å². The molecule has 6 heteroatoms. The van der Waals surface area contributed by atoms with Crippen molar-refractivity contribution in [3.05, 3.63) is 0 Å². The fourth-order valence-corrected chi connectivity index (χ4v) is 1.87. The van der Waals surface area contributed by atoms with Crippen molar-refractivity contribution in [3.8, 4) is 0 Å². The number of carboxylic acids is 1. The van der Waals surface area contributed by atoms with Gasteiger partial charge in [-0.25, -0.2) is 0 Å². The highest BCUT2D eigenvalue weighted by atomic mass is 16.4. The lowest BCUT2D eigenvalue weighted by Crippen LogP contribution is -2.43. The molecule has 6 N–H and O–H groups in total. The molecular weight excluding hydrogens is 196 g/mol. The van der Waals surface area contributed by atoms with Crippen LogP contribution in [0.3, 0.4) is 0 Å². The molecule has 0 aromatic carbocycles. The SMILES string of the molecule is N=C(N)N1CCC(CC(N)C(=O)O)CC1. The Morgan fingerprint density at radius 3 is 2.47 bits per heavy atom. The molecule has 1 aliphatic heterocycles. The zero-order chi connectivity index (χ0) is 11.4. The van der Waals surface area contributed by atoms with Crippen LogP contribution in [-0.2, 0) is 4.79 Å². The third-order valence-electron chi connectivity index (χ3n) is 2.86. The van der Waals surface area contributed by atoms with Gasteiger partial charge in [-0.15, -0.1) is 0 Å². The Balaban J connectivity index is 2.31. The van der Waals surface area contributed by atoms with Crippen molar-refractivity contribution >= 4 is 11.9 Å². The predicted molar refractivity (Wildman–Crippen MR) is 56.4 cm³/mol. The highest BCUT2D eigenvalue weighted by Gasteiger charge is 2.23. The highest BCUT2D eigenvalue weighted by molar-refractivity contribution is 5.74. The largest absolute Gasteiger partial charge is 0.480 e. The van der Waals surface area contributed by atoms with E-state index in [-0.39, 0.29) is 5.96 Å². The second kappa shape index (κ2) is 4.97. The topological polar surface area (TPSA) is 116 Å². The molecule has 1 atom stereocenters. The van der Waals surface area contributed by atoms with E-state index in [1.165, 1.54) is 0 Å². The van der Waals surface area contributed by atoms with Crippen molar-refractivity contribution in [2.45, 2.75) is 25.3 Å². The lowest BCUT2D eigenvalue weighted by atomic mass is 9.90. The number of carbonyl (C=O) groups is 1. The normalized spacial score (nSPS) is 19.9. The van der Waals surface area contributed by atoms with Crippen molar-refractivity contribution in [1.82, 2.24) is 4.90 Å². The Hall–Kier alpha value is -1.30. The summed E-state index contributed by atoms with van der Waals surface area (Å²) < 4.78 is 0. The summed E-state index contributed by atoms with van der Waals surface area (Å²) in [7, 11) is 0. The number of nitrogens with zero attached hydrogens (tertiary/aromatic N) is 1. The number of likely N-dealkylation sites (tertiary alicyclic amines) is 1. The molecule has 15 heavy (non-hydrogen) atoms. The van der Waals surface area contributed by atoms with Gasteiger partial charge in [0.15, 0.2) is 5.96 Å². The molecule has 0 radical (unpaired) electrons. The molecule has 0 bridgehead atoms. The predicted octanol–water partition coefficient (Wildman–Crippen LogP) is -0.606. The van der Waals surface area contributed by atoms with E-state index in [1.54, 1.807) is 4.90 Å². The van der Waals surface area contributed by atoms with Crippen molar-refractivity contribution in [1.29, 1.82) is 5.41 Å². The molecule has 0 aromatic heterocycles. The summed E-state index contributed by atoms with van der Waals surface area (Å²) in [4.78, 5) is 12.4. The molecule has 1 unspecified atom stereocenters. The fraction of sp³-hybridized carbons (Fsp3) is 0.778. The summed E-state index contributed by atoms with van der Waals surface area (Å²) >= 11 is 0. The number of rotatable bonds is 3. The van der Waals surface area contributed by atoms with Gasteiger partial charge < -0.3 is 21.5 Å². The molecule has 1 saturated heterocycles. The number of hydrogen-bond donors (Lipinski definition) is 4. The van der Waals surface area contributed by atoms with Gasteiger partial charge in [0.2, 0.25) is 0 Å². The zero-order valence-electron chi connectivity index (χ0n) is 8.65. The van der Waals surface area contributed by atoms with Crippen LogP contribution in [0.15, 0.2) is 0 Å². The van der Waals surface area contributed by atoms with Crippen LogP contribution in [-0.4, -0.2) is 41.1 Å². The minimum absolute atomic E-state index is 0.0935. The number of carboxylic acid groups (broad SMARTS) is 1. The molecule has 1 aliphatic rings. The first-order valence-corrected chi connectivity index (χ1v) is 5.08. The van der Waals surface area contributed by atoms with Crippen molar-refractivity contribution in [3.63, 3.8) is 0 Å². The number of guanidine groups is 1. The second-order valence-electron chi connectivity index (χ2n) is 4.00. The molecule has 0 amide bonds. The molecule has 0 aliphatic carbocycles. The van der Waals surface area contributed by atoms with Gasteiger partial charge in [-0.05, 0) is 25.2 Å². The van der Waals surface area contributed by atoms with Crippen molar-refractivity contribution in [2.24, 2.45) is 17.4 Å². The molecule has 86 valence electrons. The lowest BCUT2D eigenvalue weighted by molar-refractivity contribution is -0.139. The van der Waals surface area contributed by atoms with E-state index in [9.17, 15) is 4.79 Å². The summed E-state index contributed by atoms with van der Waals surface area (Å²) in [5.74, 6) is -0.508. The molecule has 6 nitrogen and oxygen atoms in total. The van der Waals surface area contributed by atoms with Gasteiger partial charge in [-0.1, -0.05) is 0 Å². The van der Waals surface area contributed by atoms with Crippen LogP contribution in [0.5, 0.6) is 0 Å². The minimum Gasteiger partial charge on any atom is -0.480 e. The monoisotopic (exact) mass is 214 g/mol. The van der Waals surface area contributed by atoms with E-state index in [4.69, 9.17) is 22.0 Å². The number of piperidine rings is 1. The second-order valence-corrected chi connectivity index (χ2v) is 4.00. The van der Waals surface area contributed by atoms with Gasteiger partial charge in [0, 0.05) is 13.1 Å². The Labute approximate surface area is 88.7 Å². The average Bonchev–Trinajstić information content (AvgIpc) is 2.18. The number of aliphatic carboxylic acids is 1. The fourth-order valence-electron chi connectivity index (χ4n) is 1.87. The summed E-state index contributed by atoms with van der Waals surface area (Å²) in [6.45, 7) is 1.46. The maximum Gasteiger partial charge on any atom is 0.320 e. The molecule has 1 rings (SSSR count). The van der Waals surface area contributed by atoms with E-state index >= 15 is 0 Å². The smallest absolute Gasteiger partial charge is 0.320 e. The molecule has 1 heterocycles. The van der Waals surface area contributed by atoms with Gasteiger partial charge in [0.25, 0.3) is 0 Å². The summed E-state index contributed by atoms with van der Waals surface area (Å²) in [6, 6.07) is -0.765. The van der Waals surface area contributed by atoms with Crippen LogP contribution in [0.25, 0.3) is 0 Å². The lowest BCUT2D eigenvalue weighted by Gasteiger charge is -2.32. The Bertz CT molecular complexity index is 248. The van der Waals surface area contributed by atoms with Gasteiger partial charge in [0.1, 0.15) is 6.04 Å². The summed E-state index contributed by atoms with van der Waals surface area (Å²) in [5.41, 5.74) is 10.8. The Kier molecular flexibility index (Phi) is 3.90. The zero-order valence-corrected chi connectivity index (χ0v) is 8.65. The Morgan fingerprint density at radius 1 is 1.53 bits per heavy atom. The van der Waals surface area contributed by atoms with Crippen molar-refractivity contribution < 1.29 is 9.90 Å². The van der Waals surface area contributed by atoms with Gasteiger partial charge in [-0.3, -0.25) is 10.2 Å². The van der Waals surface area contributed by atoms with Crippen LogP contribution < -0.4 is 11.5 Å². The number of hydrogen-bond acceptors (Lipinski definition) is 3. The van der Waals surface area contributed by atoms with Crippen LogP contribution >= 0.6 is 0 Å². The maximum absolute atomic E-state index is 10.6. The first-order valence-electron chi connectivity index (χ1n) is 5.08. The third kappa shape index (κ3) is 3.39. The van der Waals surface area contributed by atoms with E-state index in [0.717, 1.165) is 25.9 Å². The third-order valence-corrected chi connectivity index (χ3v) is 2.86. The molecule has 0 spiro atoms. The van der Waals surface area contributed by atoms with E-state index in [1.807, 2.05) is 0 Å². The standard InChI is InChI=1S/C9H18N4O2/c10-7(8(14)15)5-6-1-3-13(4-2-6)9(11)12/h6-7H,1-5,10H2,(H3,11,12)(H,14,15). The van der Waals surface area contributed by atoms with Gasteiger partial charge >= 0.3 is 5.97 Å². The van der Waals surface area contributed by atoms with Crippen LogP contribution in [0, 0.1) is 11.3 Å². The molecule has 0 aromatic rings. The van der Waals surface area contributed by atoms with Gasteiger partial charge in [-0.2, -0.15) is 0 Å². The average molecular weight is 214 g/mol. The number of nitrogens with one attached hydrogen (secondary N) is 1. The van der Waals surface area contributed by atoms with E-state index in [0.29, 0.717) is 12.3 Å². The number of nitrogens with two attached hydrogens (primary N) is 2. The molecular formula is C9H18N4O2. The maximum atomic E-state index is 10.6. The molecule has 0 saturated carbocycles. The summed E-state index contributed by atoms with van der Waals surface area (Å²) in [5, 5.41) is 15.9. The van der Waals surface area contributed by atoms with Crippen LogP contribution in [0.4, 0.5) is 0 Å². The first-order chi connectivity index (χ1) is 7.00. The highest BCUT2D eigenvalue weighted by Crippen LogP contribution is 2.21. The summed E-state index contributed by atoms with van der Waals surface area (Å²) in [6.07, 6.45) is 2.24.